The Kier molecular flexibility index (Phi) is 12.7. The zero-order chi connectivity index (χ0) is 34.9. The molecular weight excluding hydrogens is 662 g/mol. The Balaban J connectivity index is 1.39. The van der Waals surface area contributed by atoms with E-state index < -0.39 is 12.1 Å². The number of nitrogens with one attached hydrogen (secondary N) is 2. The number of benzene rings is 2. The van der Waals surface area contributed by atoms with E-state index in [0.29, 0.717) is 86.4 Å². The Morgan fingerprint density at radius 3 is 2.35 bits per heavy atom. The van der Waals surface area contributed by atoms with Gasteiger partial charge in [0, 0.05) is 44.1 Å². The van der Waals surface area contributed by atoms with Crippen LogP contribution in [0.4, 0.5) is 0 Å². The normalized spacial score (nSPS) is 19.9. The molecule has 2 aromatic carbocycles. The first-order valence-electron chi connectivity index (χ1n) is 17.1. The molecular formula is C36H46ClN7O4S. The highest BCUT2D eigenvalue weighted by molar-refractivity contribution is 7.98. The van der Waals surface area contributed by atoms with E-state index >= 15 is 0 Å². The van der Waals surface area contributed by atoms with Crippen molar-refractivity contribution in [3.05, 3.63) is 71.0 Å². The third-order valence-electron chi connectivity index (χ3n) is 9.20. The minimum Gasteiger partial charge on any atom is -0.344 e. The summed E-state index contributed by atoms with van der Waals surface area (Å²) in [6, 6.07) is 15.5. The fourth-order valence-corrected chi connectivity index (χ4v) is 7.07. The largest absolute Gasteiger partial charge is 0.344 e. The molecule has 3 heterocycles. The summed E-state index contributed by atoms with van der Waals surface area (Å²) in [5.41, 5.74) is 1.32. The Morgan fingerprint density at radius 2 is 1.65 bits per heavy atom. The first-order chi connectivity index (χ1) is 23.7. The number of carbonyl (C=O) groups excluding carboxylic acids is 4. The van der Waals surface area contributed by atoms with Gasteiger partial charge in [0.2, 0.25) is 17.7 Å². The van der Waals surface area contributed by atoms with Crippen LogP contribution in [0.3, 0.4) is 0 Å². The number of aromatic nitrogens is 3. The second-order valence-electron chi connectivity index (χ2n) is 13.0. The number of piperidine rings is 1. The van der Waals surface area contributed by atoms with Crippen LogP contribution in [0.1, 0.15) is 68.2 Å². The van der Waals surface area contributed by atoms with Gasteiger partial charge >= 0.3 is 0 Å². The second kappa shape index (κ2) is 17.2. The molecule has 1 saturated heterocycles. The monoisotopic (exact) mass is 707 g/mol. The molecule has 4 amide bonds. The summed E-state index contributed by atoms with van der Waals surface area (Å²) in [4.78, 5) is 62.5. The maximum Gasteiger partial charge on any atom is 0.255 e. The molecule has 0 saturated carbocycles. The lowest BCUT2D eigenvalue weighted by Crippen LogP contribution is -2.49. The highest BCUT2D eigenvalue weighted by atomic mass is 35.5. The summed E-state index contributed by atoms with van der Waals surface area (Å²) in [5.74, 6) is 0.995. The number of likely N-dealkylation sites (tertiary alicyclic amines) is 1. The molecule has 0 radical (unpaired) electrons. The van der Waals surface area contributed by atoms with Gasteiger partial charge in [-0.2, -0.15) is 16.9 Å². The highest BCUT2D eigenvalue weighted by Gasteiger charge is 2.33. The average molecular weight is 708 g/mol. The second-order valence-corrected chi connectivity index (χ2v) is 14.4. The fourth-order valence-electron chi connectivity index (χ4n) is 6.38. The van der Waals surface area contributed by atoms with E-state index in [9.17, 15) is 19.2 Å². The standard InChI is InChI=1S/C36H46ClN7O4S/c1-24(2)31-33-40-32(25-10-5-4-6-11-25)41-44(33)22-21-42(18-9-14-30(45)38-29(17-23-49-3)34(46)39-31)35(47)26-15-19-43(20-16-26)36(48)27-12-7-8-13-28(27)37/h4-8,10-13,24,26,29,31H,9,14-23H2,1-3H3,(H,38,45)(H,39,46)/t29-,31+/m0/s1. The molecule has 3 aromatic rings. The molecule has 1 fully saturated rings. The summed E-state index contributed by atoms with van der Waals surface area (Å²) < 4.78 is 1.82. The van der Waals surface area contributed by atoms with Gasteiger partial charge in [0.15, 0.2) is 11.6 Å². The van der Waals surface area contributed by atoms with Crippen molar-refractivity contribution in [2.45, 2.75) is 64.6 Å². The van der Waals surface area contributed by atoms with Gasteiger partial charge in [-0.25, -0.2) is 9.67 Å². The van der Waals surface area contributed by atoms with Crippen LogP contribution in [0.25, 0.3) is 11.4 Å². The fraction of sp³-hybridized carbons (Fsp3) is 0.500. The summed E-state index contributed by atoms with van der Waals surface area (Å²) in [7, 11) is 0. The molecule has 0 bridgehead atoms. The number of hydrogen-bond donors (Lipinski definition) is 2. The molecule has 0 aliphatic carbocycles. The summed E-state index contributed by atoms with van der Waals surface area (Å²) in [6.07, 6.45) is 4.19. The van der Waals surface area contributed by atoms with Crippen LogP contribution < -0.4 is 10.6 Å². The van der Waals surface area contributed by atoms with E-state index in [4.69, 9.17) is 21.7 Å². The van der Waals surface area contributed by atoms with E-state index in [-0.39, 0.29) is 41.9 Å². The SMILES string of the molecule is CSCC[C@@H]1NC(=O)CCCN(C(=O)C2CCN(C(=O)c3ccccc3Cl)CC2)CCn2nc(-c3ccccc3)nc2[C@@H](C(C)C)NC1=O. The van der Waals surface area contributed by atoms with Crippen molar-refractivity contribution in [2.75, 3.05) is 38.2 Å². The number of nitrogens with zero attached hydrogens (tertiary/aromatic N) is 5. The van der Waals surface area contributed by atoms with Gasteiger partial charge in [0.1, 0.15) is 6.04 Å². The molecule has 49 heavy (non-hydrogen) atoms. The highest BCUT2D eigenvalue weighted by Crippen LogP contribution is 2.27. The van der Waals surface area contributed by atoms with Crippen molar-refractivity contribution in [1.82, 2.24) is 35.2 Å². The van der Waals surface area contributed by atoms with Gasteiger partial charge in [-0.1, -0.05) is 67.9 Å². The number of fused-ring (bicyclic) bond motifs is 1. The molecule has 262 valence electrons. The van der Waals surface area contributed by atoms with Crippen LogP contribution in [0.15, 0.2) is 54.6 Å². The maximum absolute atomic E-state index is 14.1. The molecule has 2 aliphatic rings. The number of amides is 4. The molecule has 0 spiro atoms. The van der Waals surface area contributed by atoms with Crippen LogP contribution in [-0.2, 0) is 20.9 Å². The number of hydrogen-bond acceptors (Lipinski definition) is 7. The van der Waals surface area contributed by atoms with E-state index in [0.717, 1.165) is 5.56 Å². The number of thioether (sulfide) groups is 1. The predicted octanol–water partition coefficient (Wildman–Crippen LogP) is 4.82. The minimum atomic E-state index is -0.689. The first kappa shape index (κ1) is 36.4. The third kappa shape index (κ3) is 9.21. The lowest BCUT2D eigenvalue weighted by Gasteiger charge is -2.35. The minimum absolute atomic E-state index is 0.00820. The molecule has 0 unspecified atom stereocenters. The Morgan fingerprint density at radius 1 is 0.939 bits per heavy atom. The third-order valence-corrected chi connectivity index (χ3v) is 10.2. The van der Waals surface area contributed by atoms with Gasteiger partial charge in [0.05, 0.1) is 23.2 Å². The van der Waals surface area contributed by atoms with Crippen LogP contribution in [0.5, 0.6) is 0 Å². The zero-order valence-electron chi connectivity index (χ0n) is 28.4. The number of carbonyl (C=O) groups is 4. The molecule has 5 rings (SSSR count). The summed E-state index contributed by atoms with van der Waals surface area (Å²) in [5, 5.41) is 11.4. The predicted molar refractivity (Wildman–Crippen MR) is 192 cm³/mol. The summed E-state index contributed by atoms with van der Waals surface area (Å²) >= 11 is 7.91. The smallest absolute Gasteiger partial charge is 0.255 e. The molecule has 2 aliphatic heterocycles. The molecule has 13 heteroatoms. The molecule has 11 nitrogen and oxygen atoms in total. The number of halogens is 1. The van der Waals surface area contributed by atoms with Gasteiger partial charge in [-0.15, -0.1) is 0 Å². The lowest BCUT2D eigenvalue weighted by atomic mass is 9.94. The van der Waals surface area contributed by atoms with Crippen molar-refractivity contribution < 1.29 is 19.2 Å². The van der Waals surface area contributed by atoms with E-state index in [1.54, 1.807) is 40.9 Å². The van der Waals surface area contributed by atoms with Gasteiger partial charge in [0.25, 0.3) is 5.91 Å². The van der Waals surface area contributed by atoms with Gasteiger partial charge in [-0.3, -0.25) is 19.2 Å². The first-order valence-corrected chi connectivity index (χ1v) is 18.8. The topological polar surface area (TPSA) is 130 Å². The zero-order valence-corrected chi connectivity index (χ0v) is 30.0. The molecule has 2 atom stereocenters. The van der Waals surface area contributed by atoms with Crippen molar-refractivity contribution in [3.63, 3.8) is 0 Å². The van der Waals surface area contributed by atoms with Crippen LogP contribution >= 0.6 is 23.4 Å². The average Bonchev–Trinajstić information content (AvgIpc) is 3.53. The molecule has 1 aromatic heterocycles. The molecule has 2 N–H and O–H groups in total. The Labute approximate surface area is 297 Å². The lowest BCUT2D eigenvalue weighted by molar-refractivity contribution is -0.137. The van der Waals surface area contributed by atoms with E-state index in [2.05, 4.69) is 10.6 Å². The van der Waals surface area contributed by atoms with Crippen molar-refractivity contribution in [3.8, 4) is 11.4 Å². The van der Waals surface area contributed by atoms with Crippen molar-refractivity contribution in [1.29, 1.82) is 0 Å². The van der Waals surface area contributed by atoms with Crippen LogP contribution in [0, 0.1) is 11.8 Å². The van der Waals surface area contributed by atoms with Gasteiger partial charge < -0.3 is 20.4 Å². The number of rotatable bonds is 7. The maximum atomic E-state index is 14.1. The Hall–Kier alpha value is -3.90. The van der Waals surface area contributed by atoms with E-state index in [1.165, 1.54) is 0 Å². The van der Waals surface area contributed by atoms with E-state index in [1.807, 2.05) is 60.0 Å². The van der Waals surface area contributed by atoms with Crippen molar-refractivity contribution >= 4 is 47.0 Å². The van der Waals surface area contributed by atoms with Crippen LogP contribution in [0.2, 0.25) is 5.02 Å². The van der Waals surface area contributed by atoms with Gasteiger partial charge in [-0.05, 0) is 55.7 Å². The Bertz CT molecular complexity index is 1610. The van der Waals surface area contributed by atoms with Crippen molar-refractivity contribution in [2.24, 2.45) is 11.8 Å². The quantitative estimate of drug-likeness (QED) is 0.360. The summed E-state index contributed by atoms with van der Waals surface area (Å²) in [6.45, 7) is 6.06. The van der Waals surface area contributed by atoms with Crippen LogP contribution in [-0.4, -0.2) is 92.4 Å².